The number of rotatable bonds is 6. The smallest absolute Gasteiger partial charge is 0.261 e. The molecule has 3 heteroatoms. The summed E-state index contributed by atoms with van der Waals surface area (Å²) in [5.74, 6) is 1.14. The summed E-state index contributed by atoms with van der Waals surface area (Å²) in [5, 5.41) is 3.01. The third kappa shape index (κ3) is 4.55. The number of nitrogens with one attached hydrogen (secondary N) is 1. The van der Waals surface area contributed by atoms with Crippen LogP contribution in [-0.4, -0.2) is 18.1 Å². The fraction of sp³-hybridized carbons (Fsp3) is 0.588. The Morgan fingerprint density at radius 3 is 2.35 bits per heavy atom. The minimum Gasteiger partial charge on any atom is -0.481 e. The number of carbonyl (C=O) groups excluding carboxylic acids is 1. The highest BCUT2D eigenvalue weighted by atomic mass is 16.5. The molecule has 0 spiro atoms. The SMILES string of the molecule is CC[C@@H](Oc1ccc(C)c(C)c1)C(=O)N[C@@H](C)C(C)C. The molecular weight excluding hydrogens is 250 g/mol. The zero-order chi connectivity index (χ0) is 15.3. The summed E-state index contributed by atoms with van der Waals surface area (Å²) in [6, 6.07) is 6.08. The van der Waals surface area contributed by atoms with Crippen LogP contribution < -0.4 is 10.1 Å². The summed E-state index contributed by atoms with van der Waals surface area (Å²) >= 11 is 0. The van der Waals surface area contributed by atoms with Gasteiger partial charge in [0.15, 0.2) is 6.10 Å². The van der Waals surface area contributed by atoms with Crippen LogP contribution in [-0.2, 0) is 4.79 Å². The first-order valence-corrected chi connectivity index (χ1v) is 7.39. The van der Waals surface area contributed by atoms with E-state index >= 15 is 0 Å². The summed E-state index contributed by atoms with van der Waals surface area (Å²) in [6.07, 6.45) is 0.224. The van der Waals surface area contributed by atoms with Gasteiger partial charge in [-0.3, -0.25) is 4.79 Å². The largest absolute Gasteiger partial charge is 0.481 e. The lowest BCUT2D eigenvalue weighted by Gasteiger charge is -2.22. The average molecular weight is 277 g/mol. The van der Waals surface area contributed by atoms with Crippen molar-refractivity contribution in [3.05, 3.63) is 29.3 Å². The lowest BCUT2D eigenvalue weighted by atomic mass is 10.1. The van der Waals surface area contributed by atoms with Gasteiger partial charge in [-0.2, -0.15) is 0 Å². The Kier molecular flexibility index (Phi) is 6.05. The molecule has 20 heavy (non-hydrogen) atoms. The Morgan fingerprint density at radius 2 is 1.85 bits per heavy atom. The van der Waals surface area contributed by atoms with Crippen molar-refractivity contribution in [2.45, 2.75) is 60.1 Å². The molecule has 0 unspecified atom stereocenters. The van der Waals surface area contributed by atoms with Crippen LogP contribution in [0, 0.1) is 19.8 Å². The van der Waals surface area contributed by atoms with Gasteiger partial charge in [-0.05, 0) is 56.4 Å². The van der Waals surface area contributed by atoms with E-state index in [9.17, 15) is 4.79 Å². The van der Waals surface area contributed by atoms with E-state index in [1.165, 1.54) is 11.1 Å². The highest BCUT2D eigenvalue weighted by Crippen LogP contribution is 2.18. The molecule has 0 bridgehead atoms. The van der Waals surface area contributed by atoms with Gasteiger partial charge in [0.05, 0.1) is 0 Å². The maximum atomic E-state index is 12.2. The molecule has 0 aromatic heterocycles. The minimum atomic E-state index is -0.432. The number of hydrogen-bond acceptors (Lipinski definition) is 2. The number of benzene rings is 1. The van der Waals surface area contributed by atoms with Gasteiger partial charge in [-0.15, -0.1) is 0 Å². The standard InChI is InChI=1S/C17H27NO2/c1-7-16(17(19)18-14(6)11(2)3)20-15-9-8-12(4)13(5)10-15/h8-11,14,16H,7H2,1-6H3,(H,18,19)/t14-,16+/m0/s1. The van der Waals surface area contributed by atoms with Crippen molar-refractivity contribution in [2.75, 3.05) is 0 Å². The second-order valence-electron chi connectivity index (χ2n) is 5.80. The van der Waals surface area contributed by atoms with E-state index in [1.54, 1.807) is 0 Å². The van der Waals surface area contributed by atoms with Crippen LogP contribution in [0.2, 0.25) is 0 Å². The van der Waals surface area contributed by atoms with Gasteiger partial charge in [0, 0.05) is 6.04 Å². The molecule has 0 aliphatic carbocycles. The maximum absolute atomic E-state index is 12.2. The third-order valence-corrected chi connectivity index (χ3v) is 3.79. The van der Waals surface area contributed by atoms with E-state index in [4.69, 9.17) is 4.74 Å². The van der Waals surface area contributed by atoms with Crippen molar-refractivity contribution < 1.29 is 9.53 Å². The van der Waals surface area contributed by atoms with Gasteiger partial charge in [-0.1, -0.05) is 26.8 Å². The Labute approximate surface area is 122 Å². The van der Waals surface area contributed by atoms with E-state index in [1.807, 2.05) is 39.0 Å². The molecule has 1 N–H and O–H groups in total. The Bertz CT molecular complexity index is 454. The summed E-state index contributed by atoms with van der Waals surface area (Å²) in [6.45, 7) is 12.3. The summed E-state index contributed by atoms with van der Waals surface area (Å²) in [4.78, 5) is 12.2. The molecule has 0 saturated heterocycles. The molecule has 1 amide bonds. The van der Waals surface area contributed by atoms with Gasteiger partial charge < -0.3 is 10.1 Å². The van der Waals surface area contributed by atoms with Gasteiger partial charge >= 0.3 is 0 Å². The highest BCUT2D eigenvalue weighted by molar-refractivity contribution is 5.81. The van der Waals surface area contributed by atoms with Crippen molar-refractivity contribution in [2.24, 2.45) is 5.92 Å². The monoisotopic (exact) mass is 277 g/mol. The van der Waals surface area contributed by atoms with Crippen molar-refractivity contribution in [3.63, 3.8) is 0 Å². The fourth-order valence-corrected chi connectivity index (χ4v) is 1.76. The van der Waals surface area contributed by atoms with E-state index < -0.39 is 6.10 Å². The summed E-state index contributed by atoms with van der Waals surface area (Å²) < 4.78 is 5.83. The Morgan fingerprint density at radius 1 is 1.20 bits per heavy atom. The van der Waals surface area contributed by atoms with Crippen molar-refractivity contribution in [1.29, 1.82) is 0 Å². The molecule has 0 radical (unpaired) electrons. The second-order valence-corrected chi connectivity index (χ2v) is 5.80. The van der Waals surface area contributed by atoms with Crippen molar-refractivity contribution in [1.82, 2.24) is 5.32 Å². The van der Waals surface area contributed by atoms with Gasteiger partial charge in [-0.25, -0.2) is 0 Å². The van der Waals surface area contributed by atoms with Crippen molar-refractivity contribution >= 4 is 5.91 Å². The zero-order valence-corrected chi connectivity index (χ0v) is 13.5. The Balaban J connectivity index is 2.71. The quantitative estimate of drug-likeness (QED) is 0.862. The normalized spacial score (nSPS) is 13.9. The second kappa shape index (κ2) is 7.32. The number of ether oxygens (including phenoxy) is 1. The summed E-state index contributed by atoms with van der Waals surface area (Å²) in [5.41, 5.74) is 2.40. The first-order chi connectivity index (χ1) is 9.35. The molecule has 112 valence electrons. The van der Waals surface area contributed by atoms with Crippen LogP contribution in [0.15, 0.2) is 18.2 Å². The molecule has 1 aromatic carbocycles. The van der Waals surface area contributed by atoms with E-state index in [0.29, 0.717) is 12.3 Å². The fourth-order valence-electron chi connectivity index (χ4n) is 1.76. The van der Waals surface area contributed by atoms with E-state index in [0.717, 1.165) is 5.75 Å². The molecule has 0 heterocycles. The molecular formula is C17H27NO2. The predicted molar refractivity (Wildman–Crippen MR) is 83.1 cm³/mol. The van der Waals surface area contributed by atoms with Crippen LogP contribution in [0.4, 0.5) is 0 Å². The minimum absolute atomic E-state index is 0.0353. The molecule has 0 fully saturated rings. The number of hydrogen-bond donors (Lipinski definition) is 1. The highest BCUT2D eigenvalue weighted by Gasteiger charge is 2.21. The summed E-state index contributed by atoms with van der Waals surface area (Å²) in [7, 11) is 0. The molecule has 2 atom stereocenters. The zero-order valence-electron chi connectivity index (χ0n) is 13.5. The predicted octanol–water partition coefficient (Wildman–Crippen LogP) is 3.62. The van der Waals surface area contributed by atoms with E-state index in [2.05, 4.69) is 26.1 Å². The first-order valence-electron chi connectivity index (χ1n) is 7.39. The topological polar surface area (TPSA) is 38.3 Å². The van der Waals surface area contributed by atoms with Crippen LogP contribution in [0.5, 0.6) is 5.75 Å². The lowest BCUT2D eigenvalue weighted by molar-refractivity contribution is -0.129. The lowest BCUT2D eigenvalue weighted by Crippen LogP contribution is -2.44. The molecule has 0 saturated carbocycles. The maximum Gasteiger partial charge on any atom is 0.261 e. The van der Waals surface area contributed by atoms with Crippen LogP contribution >= 0.6 is 0 Å². The van der Waals surface area contributed by atoms with Crippen LogP contribution in [0.3, 0.4) is 0 Å². The van der Waals surface area contributed by atoms with Crippen LogP contribution in [0.1, 0.15) is 45.2 Å². The number of aryl methyl sites for hydroxylation is 2. The molecule has 3 nitrogen and oxygen atoms in total. The first kappa shape index (κ1) is 16.5. The molecule has 0 aliphatic rings. The number of carbonyl (C=O) groups is 1. The molecule has 0 aliphatic heterocycles. The van der Waals surface area contributed by atoms with Crippen molar-refractivity contribution in [3.8, 4) is 5.75 Å². The third-order valence-electron chi connectivity index (χ3n) is 3.79. The van der Waals surface area contributed by atoms with Gasteiger partial charge in [0.25, 0.3) is 5.91 Å². The molecule has 1 aromatic rings. The van der Waals surface area contributed by atoms with Gasteiger partial charge in [0.2, 0.25) is 0 Å². The molecule has 1 rings (SSSR count). The average Bonchev–Trinajstić information content (AvgIpc) is 2.39. The van der Waals surface area contributed by atoms with Crippen LogP contribution in [0.25, 0.3) is 0 Å². The van der Waals surface area contributed by atoms with Gasteiger partial charge in [0.1, 0.15) is 5.75 Å². The number of amides is 1. The van der Waals surface area contributed by atoms with E-state index in [-0.39, 0.29) is 11.9 Å². The Hall–Kier alpha value is -1.51.